The second-order valence-electron chi connectivity index (χ2n) is 3.13. The van der Waals surface area contributed by atoms with Crippen LogP contribution in [-0.2, 0) is 0 Å². The molecule has 2 heterocycles. The van der Waals surface area contributed by atoms with Crippen molar-refractivity contribution in [2.24, 2.45) is 5.10 Å². The summed E-state index contributed by atoms with van der Waals surface area (Å²) in [6.45, 7) is 0. The van der Waals surface area contributed by atoms with Crippen LogP contribution in [0.4, 0.5) is 5.95 Å². The van der Waals surface area contributed by atoms with Gasteiger partial charge in [0.15, 0.2) is 0 Å². The van der Waals surface area contributed by atoms with E-state index in [-0.39, 0.29) is 0 Å². The van der Waals surface area contributed by atoms with E-state index in [2.05, 4.69) is 15.1 Å². The van der Waals surface area contributed by atoms with Crippen molar-refractivity contribution >= 4 is 23.2 Å². The molecule has 4 nitrogen and oxygen atoms in total. The summed E-state index contributed by atoms with van der Waals surface area (Å²) >= 11 is 0. The van der Waals surface area contributed by atoms with E-state index in [0.29, 0.717) is 0 Å². The van der Waals surface area contributed by atoms with Crippen LogP contribution >= 0.6 is 0 Å². The maximum atomic E-state index is 4.44. The van der Waals surface area contributed by atoms with Gasteiger partial charge in [-0.3, -0.25) is 4.98 Å². The van der Waals surface area contributed by atoms with Crippen LogP contribution in [0.1, 0.15) is 0 Å². The number of nitrogens with one attached hydrogen (secondary N) is 2. The van der Waals surface area contributed by atoms with Gasteiger partial charge in [0.05, 0.1) is 17.2 Å². The molecule has 1 aliphatic heterocycles. The minimum Gasteiger partial charge on any atom is -0.289 e. The Balaban J connectivity index is 2.14. The van der Waals surface area contributed by atoms with Crippen molar-refractivity contribution in [3.05, 3.63) is 36.5 Å². The molecule has 3 rings (SSSR count). The van der Waals surface area contributed by atoms with Crippen LogP contribution in [0, 0.1) is 0 Å². The molecule has 0 aliphatic carbocycles. The minimum absolute atomic E-state index is 0.830. The summed E-state index contributed by atoms with van der Waals surface area (Å²) in [5, 5.41) is 5.08. The van der Waals surface area contributed by atoms with Gasteiger partial charge in [0.25, 0.3) is 0 Å². The van der Waals surface area contributed by atoms with Gasteiger partial charge in [0.1, 0.15) is 6.20 Å². The van der Waals surface area contributed by atoms with E-state index < -0.39 is 0 Å². The summed E-state index contributed by atoms with van der Waals surface area (Å²) in [4.78, 5) is 7.66. The van der Waals surface area contributed by atoms with E-state index in [4.69, 9.17) is 0 Å². The van der Waals surface area contributed by atoms with E-state index in [9.17, 15) is 0 Å². The smallest absolute Gasteiger partial charge is 0.289 e. The third kappa shape index (κ3) is 1.05. The summed E-state index contributed by atoms with van der Waals surface area (Å²) < 4.78 is 0. The molecule has 14 heavy (non-hydrogen) atoms. The summed E-state index contributed by atoms with van der Waals surface area (Å²) in [7, 11) is 0. The summed E-state index contributed by atoms with van der Waals surface area (Å²) in [5.74, 6) is 0.830. The topological polar surface area (TPSA) is 45.5 Å². The number of quaternary nitrogens is 1. The standard InChI is InChI=1S/C10H8N4/c1-2-5-9-8(4-1)12-10(13-9)14-7-3-6-11-14/h1-7H,(H,12,13)/p+1. The highest BCUT2D eigenvalue weighted by Gasteiger charge is 2.15. The minimum atomic E-state index is 0.830. The van der Waals surface area contributed by atoms with Crippen molar-refractivity contribution in [2.45, 2.75) is 0 Å². The highest BCUT2D eigenvalue weighted by Crippen LogP contribution is 2.10. The summed E-state index contributed by atoms with van der Waals surface area (Å²) in [6.07, 6.45) is 5.61. The normalized spacial score (nSPS) is 19.6. The lowest BCUT2D eigenvalue weighted by Gasteiger charge is -1.95. The molecule has 0 bridgehead atoms. The van der Waals surface area contributed by atoms with Crippen LogP contribution in [0.25, 0.3) is 11.0 Å². The number of aromatic nitrogens is 2. The number of fused-ring (bicyclic) bond motifs is 1. The van der Waals surface area contributed by atoms with Gasteiger partial charge in [-0.2, -0.15) is 4.98 Å². The molecule has 0 radical (unpaired) electrons. The molecule has 0 amide bonds. The first-order valence-electron chi connectivity index (χ1n) is 4.46. The molecule has 0 saturated heterocycles. The van der Waals surface area contributed by atoms with Gasteiger partial charge in [0.2, 0.25) is 0 Å². The number of aromatic amines is 1. The lowest BCUT2D eigenvalue weighted by atomic mass is 10.3. The van der Waals surface area contributed by atoms with Gasteiger partial charge in [0, 0.05) is 6.08 Å². The molecule has 1 unspecified atom stereocenters. The Kier molecular flexibility index (Phi) is 1.48. The van der Waals surface area contributed by atoms with Crippen molar-refractivity contribution < 1.29 is 5.01 Å². The molecule has 0 spiro atoms. The summed E-state index contributed by atoms with van der Waals surface area (Å²) in [5.41, 5.74) is 2.02. The first-order valence-corrected chi connectivity index (χ1v) is 4.46. The third-order valence-corrected chi connectivity index (χ3v) is 2.19. The number of allylic oxidation sites excluding steroid dienone is 1. The second kappa shape index (κ2) is 2.78. The van der Waals surface area contributed by atoms with Crippen LogP contribution in [0.15, 0.2) is 41.6 Å². The zero-order chi connectivity index (χ0) is 9.38. The van der Waals surface area contributed by atoms with Crippen molar-refractivity contribution in [1.82, 2.24) is 9.97 Å². The van der Waals surface area contributed by atoms with Gasteiger partial charge >= 0.3 is 5.95 Å². The zero-order valence-electron chi connectivity index (χ0n) is 7.44. The maximum Gasteiger partial charge on any atom is 0.337 e. The van der Waals surface area contributed by atoms with Gasteiger partial charge in [-0.05, 0) is 12.1 Å². The molecule has 0 saturated carbocycles. The Morgan fingerprint density at radius 3 is 2.93 bits per heavy atom. The third-order valence-electron chi connectivity index (χ3n) is 2.19. The highest BCUT2D eigenvalue weighted by molar-refractivity contribution is 5.76. The summed E-state index contributed by atoms with van der Waals surface area (Å²) in [6, 6.07) is 7.96. The Labute approximate surface area is 80.6 Å². The fourth-order valence-electron chi connectivity index (χ4n) is 1.51. The number of imidazole rings is 1. The molecule has 1 aromatic carbocycles. The van der Waals surface area contributed by atoms with Gasteiger partial charge < -0.3 is 0 Å². The fraction of sp³-hybridized carbons (Fsp3) is 0. The average molecular weight is 185 g/mol. The van der Waals surface area contributed by atoms with Crippen LogP contribution in [0.5, 0.6) is 0 Å². The Hall–Kier alpha value is -1.94. The molecule has 2 N–H and O–H groups in total. The molecule has 0 fully saturated rings. The van der Waals surface area contributed by atoms with Crippen molar-refractivity contribution in [2.75, 3.05) is 0 Å². The Morgan fingerprint density at radius 2 is 2.14 bits per heavy atom. The van der Waals surface area contributed by atoms with Crippen LogP contribution < -0.4 is 5.01 Å². The quantitative estimate of drug-likeness (QED) is 0.671. The lowest BCUT2D eigenvalue weighted by Crippen LogP contribution is -2.96. The van der Waals surface area contributed by atoms with E-state index in [1.807, 2.05) is 36.5 Å². The monoisotopic (exact) mass is 185 g/mol. The first-order chi connectivity index (χ1) is 6.93. The van der Waals surface area contributed by atoms with E-state index in [1.54, 1.807) is 6.21 Å². The number of benzene rings is 1. The largest absolute Gasteiger partial charge is 0.337 e. The number of hydrogen-bond donors (Lipinski definition) is 2. The number of rotatable bonds is 1. The van der Waals surface area contributed by atoms with E-state index in [0.717, 1.165) is 22.0 Å². The predicted octanol–water partition coefficient (Wildman–Crippen LogP) is 0.592. The molecular weight excluding hydrogens is 176 g/mol. The van der Waals surface area contributed by atoms with Crippen molar-refractivity contribution in [3.63, 3.8) is 0 Å². The SMILES string of the molecule is C1=C[NH+](c2nc3ccccc3[nH]2)N=C1. The first kappa shape index (κ1) is 7.46. The van der Waals surface area contributed by atoms with Gasteiger partial charge in [-0.15, -0.1) is 5.01 Å². The molecule has 4 heteroatoms. The van der Waals surface area contributed by atoms with E-state index in [1.165, 1.54) is 0 Å². The van der Waals surface area contributed by atoms with E-state index >= 15 is 0 Å². The van der Waals surface area contributed by atoms with Crippen LogP contribution in [0.2, 0.25) is 0 Å². The molecular formula is C10H9N4+. The van der Waals surface area contributed by atoms with Gasteiger partial charge in [-0.1, -0.05) is 17.2 Å². The Bertz CT molecular complexity index is 479. The molecule has 1 aliphatic rings. The fourth-order valence-corrected chi connectivity index (χ4v) is 1.51. The zero-order valence-corrected chi connectivity index (χ0v) is 7.44. The maximum absolute atomic E-state index is 4.44. The molecule has 2 aromatic rings. The number of H-pyrrole nitrogens is 1. The molecule has 1 atom stereocenters. The van der Waals surface area contributed by atoms with Crippen molar-refractivity contribution in [3.8, 4) is 0 Å². The Morgan fingerprint density at radius 1 is 1.21 bits per heavy atom. The van der Waals surface area contributed by atoms with Crippen molar-refractivity contribution in [1.29, 1.82) is 0 Å². The van der Waals surface area contributed by atoms with Gasteiger partial charge in [-0.25, -0.2) is 0 Å². The number of nitrogens with zero attached hydrogens (tertiary/aromatic N) is 2. The predicted molar refractivity (Wildman–Crippen MR) is 54.3 cm³/mol. The number of hydrogen-bond acceptors (Lipinski definition) is 2. The molecule has 68 valence electrons. The van der Waals surface area contributed by atoms with Crippen LogP contribution in [0.3, 0.4) is 0 Å². The molecule has 1 aromatic heterocycles. The number of para-hydroxylation sites is 2. The highest BCUT2D eigenvalue weighted by atomic mass is 15.5. The lowest BCUT2D eigenvalue weighted by molar-refractivity contribution is -0.784. The second-order valence-corrected chi connectivity index (χ2v) is 3.13. The van der Waals surface area contributed by atoms with Crippen LogP contribution in [-0.4, -0.2) is 16.2 Å². The average Bonchev–Trinajstić information content (AvgIpc) is 2.86.